The van der Waals surface area contributed by atoms with E-state index in [9.17, 15) is 14.4 Å². The first-order chi connectivity index (χ1) is 21.0. The molecule has 3 aromatic rings. The summed E-state index contributed by atoms with van der Waals surface area (Å²) in [5, 5.41) is 6.33. The van der Waals surface area contributed by atoms with Crippen molar-refractivity contribution in [3.8, 4) is 11.5 Å². The van der Waals surface area contributed by atoms with Gasteiger partial charge in [0, 0.05) is 63.5 Å². The first kappa shape index (κ1) is 29.9. The summed E-state index contributed by atoms with van der Waals surface area (Å²) in [6, 6.07) is 20.3. The van der Waals surface area contributed by atoms with Gasteiger partial charge in [0.05, 0.1) is 32.0 Å². The van der Waals surface area contributed by atoms with Crippen LogP contribution in [0.4, 0.5) is 11.4 Å². The molecule has 10 heteroatoms. The number of nitrogens with one attached hydrogen (secondary N) is 2. The van der Waals surface area contributed by atoms with Crippen molar-refractivity contribution >= 4 is 29.1 Å². The molecule has 0 radical (unpaired) electrons. The van der Waals surface area contributed by atoms with E-state index in [2.05, 4.69) is 15.5 Å². The smallest absolute Gasteiger partial charge is 0.255 e. The molecule has 0 aromatic heterocycles. The number of methoxy groups -OCH3 is 2. The molecule has 0 saturated carbocycles. The molecule has 0 unspecified atom stereocenters. The van der Waals surface area contributed by atoms with Gasteiger partial charge in [-0.2, -0.15) is 0 Å². The number of amides is 3. The van der Waals surface area contributed by atoms with Gasteiger partial charge in [-0.05, 0) is 48.4 Å². The second kappa shape index (κ2) is 14.1. The van der Waals surface area contributed by atoms with E-state index in [-0.39, 0.29) is 17.7 Å². The van der Waals surface area contributed by atoms with Crippen LogP contribution in [0.1, 0.15) is 32.7 Å². The summed E-state index contributed by atoms with van der Waals surface area (Å²) in [7, 11) is 3.07. The Labute approximate surface area is 252 Å². The predicted molar refractivity (Wildman–Crippen MR) is 166 cm³/mol. The summed E-state index contributed by atoms with van der Waals surface area (Å²) in [6.07, 6.45) is 1.15. The van der Waals surface area contributed by atoms with Gasteiger partial charge in [-0.1, -0.05) is 30.3 Å². The van der Waals surface area contributed by atoms with Gasteiger partial charge in [0.1, 0.15) is 0 Å². The number of piperazine rings is 1. The van der Waals surface area contributed by atoms with E-state index in [4.69, 9.17) is 9.47 Å². The highest BCUT2D eigenvalue weighted by atomic mass is 16.5. The quantitative estimate of drug-likeness (QED) is 0.418. The molecule has 0 spiro atoms. The molecule has 3 amide bonds. The fraction of sp³-hybridized carbons (Fsp3) is 0.364. The van der Waals surface area contributed by atoms with Crippen LogP contribution in [-0.2, 0) is 11.2 Å². The molecule has 5 rings (SSSR count). The number of hydrogen-bond acceptors (Lipinski definition) is 7. The van der Waals surface area contributed by atoms with Gasteiger partial charge in [0.25, 0.3) is 11.8 Å². The number of nitrogens with zero attached hydrogens (tertiary/aromatic N) is 3. The van der Waals surface area contributed by atoms with E-state index in [0.29, 0.717) is 74.0 Å². The number of carbonyl (C=O) groups is 3. The molecular formula is C33H39N5O5. The fourth-order valence-corrected chi connectivity index (χ4v) is 5.56. The lowest BCUT2D eigenvalue weighted by Crippen LogP contribution is -2.46. The van der Waals surface area contributed by atoms with Gasteiger partial charge in [-0.25, -0.2) is 0 Å². The van der Waals surface area contributed by atoms with Crippen LogP contribution < -0.4 is 25.0 Å². The molecule has 226 valence electrons. The second-order valence-corrected chi connectivity index (χ2v) is 10.7. The molecule has 2 aliphatic heterocycles. The van der Waals surface area contributed by atoms with Crippen molar-refractivity contribution in [3.05, 3.63) is 83.4 Å². The zero-order valence-electron chi connectivity index (χ0n) is 24.8. The SMILES string of the molecule is COc1ccc(C(=O)Nc2cc(C(=O)N3CCNCC3)ccc2N2CCCN(C(=O)Cc3ccccc3)CC2)cc1OC. The third kappa shape index (κ3) is 7.26. The van der Waals surface area contributed by atoms with Crippen LogP contribution in [-0.4, -0.2) is 94.1 Å². The Kier molecular flexibility index (Phi) is 9.78. The molecule has 10 nitrogen and oxygen atoms in total. The van der Waals surface area contributed by atoms with Gasteiger partial charge in [-0.3, -0.25) is 14.4 Å². The normalized spacial score (nSPS) is 15.4. The van der Waals surface area contributed by atoms with Crippen molar-refractivity contribution in [1.82, 2.24) is 15.1 Å². The molecule has 3 aromatic carbocycles. The molecular weight excluding hydrogens is 546 g/mol. The Bertz CT molecular complexity index is 1440. The number of benzene rings is 3. The second-order valence-electron chi connectivity index (χ2n) is 10.7. The van der Waals surface area contributed by atoms with Crippen LogP contribution in [0.3, 0.4) is 0 Å². The first-order valence-electron chi connectivity index (χ1n) is 14.7. The van der Waals surface area contributed by atoms with Gasteiger partial charge in [0.15, 0.2) is 11.5 Å². The summed E-state index contributed by atoms with van der Waals surface area (Å²) in [5.74, 6) is 0.684. The number of hydrogen-bond donors (Lipinski definition) is 2. The molecule has 2 fully saturated rings. The average molecular weight is 586 g/mol. The van der Waals surface area contributed by atoms with E-state index in [1.165, 1.54) is 7.11 Å². The lowest BCUT2D eigenvalue weighted by atomic mass is 10.1. The Morgan fingerprint density at radius 3 is 2.26 bits per heavy atom. The first-order valence-corrected chi connectivity index (χ1v) is 14.7. The standard InChI is InChI=1S/C33H39N5O5/c1-42-29-12-10-25(23-30(29)43-2)32(40)35-27-22-26(33(41)38-17-13-34-14-18-38)9-11-28(27)36-15-6-16-37(20-19-36)31(39)21-24-7-4-3-5-8-24/h3-5,7-12,22-23,34H,6,13-21H2,1-2H3,(H,35,40). The third-order valence-corrected chi connectivity index (χ3v) is 7.93. The van der Waals surface area contributed by atoms with Gasteiger partial charge in [-0.15, -0.1) is 0 Å². The van der Waals surface area contributed by atoms with E-state index >= 15 is 0 Å². The molecule has 2 heterocycles. The minimum absolute atomic E-state index is 0.0665. The van der Waals surface area contributed by atoms with E-state index < -0.39 is 0 Å². The number of rotatable bonds is 8. The third-order valence-electron chi connectivity index (χ3n) is 7.93. The zero-order chi connectivity index (χ0) is 30.2. The van der Waals surface area contributed by atoms with Gasteiger partial charge in [0.2, 0.25) is 5.91 Å². The number of ether oxygens (including phenoxy) is 2. The Morgan fingerprint density at radius 2 is 1.51 bits per heavy atom. The Morgan fingerprint density at radius 1 is 0.767 bits per heavy atom. The summed E-state index contributed by atoms with van der Waals surface area (Å²) < 4.78 is 10.7. The predicted octanol–water partition coefficient (Wildman–Crippen LogP) is 3.28. The topological polar surface area (TPSA) is 103 Å². The number of anilines is 2. The largest absolute Gasteiger partial charge is 0.493 e. The maximum Gasteiger partial charge on any atom is 0.255 e. The minimum atomic E-state index is -0.330. The summed E-state index contributed by atoms with van der Waals surface area (Å²) in [6.45, 7) is 5.30. The average Bonchev–Trinajstić information content (AvgIpc) is 3.31. The summed E-state index contributed by atoms with van der Waals surface area (Å²) in [5.41, 5.74) is 3.27. The Hall–Kier alpha value is -4.57. The van der Waals surface area contributed by atoms with Crippen molar-refractivity contribution in [3.63, 3.8) is 0 Å². The Balaban J connectivity index is 1.38. The maximum atomic E-state index is 13.5. The van der Waals surface area contributed by atoms with E-state index in [0.717, 1.165) is 30.8 Å². The number of carbonyl (C=O) groups excluding carboxylic acids is 3. The molecule has 43 heavy (non-hydrogen) atoms. The molecule has 0 bridgehead atoms. The van der Waals surface area contributed by atoms with Crippen molar-refractivity contribution in [2.45, 2.75) is 12.8 Å². The van der Waals surface area contributed by atoms with Crippen LogP contribution in [0, 0.1) is 0 Å². The minimum Gasteiger partial charge on any atom is -0.493 e. The van der Waals surface area contributed by atoms with Gasteiger partial charge < -0.3 is 34.8 Å². The van der Waals surface area contributed by atoms with Crippen molar-refractivity contribution in [1.29, 1.82) is 0 Å². The van der Waals surface area contributed by atoms with E-state index in [1.807, 2.05) is 52.3 Å². The molecule has 0 atom stereocenters. The van der Waals surface area contributed by atoms with Crippen LogP contribution in [0.2, 0.25) is 0 Å². The molecule has 0 aliphatic carbocycles. The van der Waals surface area contributed by atoms with Crippen molar-refractivity contribution in [2.75, 3.05) is 76.8 Å². The van der Waals surface area contributed by atoms with Crippen LogP contribution in [0.15, 0.2) is 66.7 Å². The summed E-state index contributed by atoms with van der Waals surface area (Å²) in [4.78, 5) is 45.9. The highest BCUT2D eigenvalue weighted by Crippen LogP contribution is 2.31. The molecule has 2 saturated heterocycles. The molecule has 2 aliphatic rings. The fourth-order valence-electron chi connectivity index (χ4n) is 5.56. The molecule has 2 N–H and O–H groups in total. The lowest BCUT2D eigenvalue weighted by molar-refractivity contribution is -0.130. The summed E-state index contributed by atoms with van der Waals surface area (Å²) >= 11 is 0. The van der Waals surface area contributed by atoms with Crippen molar-refractivity contribution < 1.29 is 23.9 Å². The van der Waals surface area contributed by atoms with Crippen molar-refractivity contribution in [2.24, 2.45) is 0 Å². The maximum absolute atomic E-state index is 13.5. The van der Waals surface area contributed by atoms with Crippen LogP contribution in [0.25, 0.3) is 0 Å². The monoisotopic (exact) mass is 585 g/mol. The highest BCUT2D eigenvalue weighted by molar-refractivity contribution is 6.07. The zero-order valence-corrected chi connectivity index (χ0v) is 24.8. The van der Waals surface area contributed by atoms with Crippen LogP contribution >= 0.6 is 0 Å². The lowest BCUT2D eigenvalue weighted by Gasteiger charge is -2.29. The highest BCUT2D eigenvalue weighted by Gasteiger charge is 2.24. The van der Waals surface area contributed by atoms with Crippen LogP contribution in [0.5, 0.6) is 11.5 Å². The van der Waals surface area contributed by atoms with Gasteiger partial charge >= 0.3 is 0 Å². The van der Waals surface area contributed by atoms with E-state index in [1.54, 1.807) is 31.4 Å².